The first kappa shape index (κ1) is 14.0. The number of hydrogen-bond donors (Lipinski definition) is 2. The van der Waals surface area contributed by atoms with Crippen LogP contribution in [-0.2, 0) is 9.59 Å². The van der Waals surface area contributed by atoms with Crippen LogP contribution in [0.5, 0.6) is 0 Å². The van der Waals surface area contributed by atoms with Gasteiger partial charge in [0, 0.05) is 13.1 Å². The van der Waals surface area contributed by atoms with Crippen LogP contribution < -0.4 is 5.32 Å². The van der Waals surface area contributed by atoms with Gasteiger partial charge in [-0.1, -0.05) is 13.8 Å². The van der Waals surface area contributed by atoms with Crippen molar-refractivity contribution in [3.63, 3.8) is 0 Å². The zero-order valence-corrected chi connectivity index (χ0v) is 10.6. The van der Waals surface area contributed by atoms with Gasteiger partial charge in [0.05, 0.1) is 12.5 Å². The quantitative estimate of drug-likeness (QED) is 0.739. The molecule has 1 saturated heterocycles. The van der Waals surface area contributed by atoms with Crippen LogP contribution in [0.3, 0.4) is 0 Å². The third-order valence-electron chi connectivity index (χ3n) is 2.93. The third-order valence-corrected chi connectivity index (χ3v) is 2.93. The monoisotopic (exact) mass is 242 g/mol. The van der Waals surface area contributed by atoms with Gasteiger partial charge in [-0.25, -0.2) is 0 Å². The second kappa shape index (κ2) is 6.59. The largest absolute Gasteiger partial charge is 0.481 e. The molecule has 0 spiro atoms. The predicted octanol–water partition coefficient (Wildman–Crippen LogP) is 0.555. The number of carbonyl (C=O) groups excluding carboxylic acids is 1. The average molecular weight is 242 g/mol. The van der Waals surface area contributed by atoms with E-state index in [0.29, 0.717) is 25.6 Å². The van der Waals surface area contributed by atoms with E-state index in [1.807, 2.05) is 18.7 Å². The Kier molecular flexibility index (Phi) is 5.41. The minimum Gasteiger partial charge on any atom is -0.481 e. The molecule has 1 aliphatic rings. The summed E-state index contributed by atoms with van der Waals surface area (Å²) in [5.74, 6) is -0.643. The highest BCUT2D eigenvalue weighted by Crippen LogP contribution is 2.15. The van der Waals surface area contributed by atoms with Gasteiger partial charge in [0.1, 0.15) is 0 Å². The highest BCUT2D eigenvalue weighted by Gasteiger charge is 2.26. The smallest absolute Gasteiger partial charge is 0.307 e. The molecular weight excluding hydrogens is 220 g/mol. The van der Waals surface area contributed by atoms with Gasteiger partial charge in [-0.05, 0) is 25.3 Å². The first-order valence-electron chi connectivity index (χ1n) is 6.21. The van der Waals surface area contributed by atoms with Crippen LogP contribution in [0.25, 0.3) is 0 Å². The molecule has 0 aliphatic carbocycles. The predicted molar refractivity (Wildman–Crippen MR) is 64.6 cm³/mol. The Labute approximate surface area is 102 Å². The van der Waals surface area contributed by atoms with E-state index in [-0.39, 0.29) is 11.8 Å². The summed E-state index contributed by atoms with van der Waals surface area (Å²) >= 11 is 0. The number of aliphatic carboxylic acids is 1. The molecule has 1 rings (SSSR count). The fourth-order valence-corrected chi connectivity index (χ4v) is 1.98. The fraction of sp³-hybridized carbons (Fsp3) is 0.833. The van der Waals surface area contributed by atoms with Crippen molar-refractivity contribution in [3.8, 4) is 0 Å². The minimum atomic E-state index is -0.753. The zero-order valence-electron chi connectivity index (χ0n) is 10.6. The Morgan fingerprint density at radius 2 is 2.18 bits per heavy atom. The van der Waals surface area contributed by atoms with Crippen molar-refractivity contribution in [2.75, 3.05) is 26.2 Å². The van der Waals surface area contributed by atoms with Crippen LogP contribution in [-0.4, -0.2) is 48.1 Å². The molecule has 5 heteroatoms. The number of piperidine rings is 1. The van der Waals surface area contributed by atoms with E-state index >= 15 is 0 Å². The number of carbonyl (C=O) groups is 2. The minimum absolute atomic E-state index is 0.00950. The number of likely N-dealkylation sites (tertiary alicyclic amines) is 1. The molecule has 0 aromatic carbocycles. The van der Waals surface area contributed by atoms with Gasteiger partial charge < -0.3 is 10.4 Å². The summed E-state index contributed by atoms with van der Waals surface area (Å²) < 4.78 is 0. The molecular formula is C12H22N2O3. The van der Waals surface area contributed by atoms with Gasteiger partial charge in [-0.2, -0.15) is 0 Å². The Bertz CT molecular complexity index is 279. The summed E-state index contributed by atoms with van der Waals surface area (Å²) in [6.45, 7) is 6.39. The van der Waals surface area contributed by atoms with Gasteiger partial charge in [0.25, 0.3) is 0 Å². The SMILES string of the molecule is CC(C)CNC(=O)CN1CCCC(C(=O)O)C1. The van der Waals surface area contributed by atoms with Crippen LogP contribution in [0, 0.1) is 11.8 Å². The number of carboxylic acid groups (broad SMARTS) is 1. The first-order chi connectivity index (χ1) is 7.99. The average Bonchev–Trinajstić information content (AvgIpc) is 2.26. The summed E-state index contributed by atoms with van der Waals surface area (Å²) in [6, 6.07) is 0. The van der Waals surface area contributed by atoms with Crippen molar-refractivity contribution in [1.82, 2.24) is 10.2 Å². The molecule has 0 aromatic heterocycles. The summed E-state index contributed by atoms with van der Waals surface area (Å²) in [5.41, 5.74) is 0. The Balaban J connectivity index is 2.30. The van der Waals surface area contributed by atoms with E-state index in [2.05, 4.69) is 5.32 Å². The summed E-state index contributed by atoms with van der Waals surface area (Å²) in [6.07, 6.45) is 1.58. The topological polar surface area (TPSA) is 69.6 Å². The third kappa shape index (κ3) is 5.17. The second-order valence-corrected chi connectivity index (χ2v) is 5.11. The van der Waals surface area contributed by atoms with E-state index in [1.165, 1.54) is 0 Å². The van der Waals surface area contributed by atoms with Crippen molar-refractivity contribution in [2.24, 2.45) is 11.8 Å². The molecule has 1 unspecified atom stereocenters. The molecule has 0 saturated carbocycles. The molecule has 1 heterocycles. The zero-order chi connectivity index (χ0) is 12.8. The highest BCUT2D eigenvalue weighted by atomic mass is 16.4. The van der Waals surface area contributed by atoms with E-state index in [4.69, 9.17) is 5.11 Å². The van der Waals surface area contributed by atoms with E-state index in [0.717, 1.165) is 19.4 Å². The van der Waals surface area contributed by atoms with Gasteiger partial charge in [-0.15, -0.1) is 0 Å². The Hall–Kier alpha value is -1.10. The fourth-order valence-electron chi connectivity index (χ4n) is 1.98. The van der Waals surface area contributed by atoms with Crippen molar-refractivity contribution in [1.29, 1.82) is 0 Å². The number of rotatable bonds is 5. The Morgan fingerprint density at radius 3 is 2.76 bits per heavy atom. The van der Waals surface area contributed by atoms with E-state index in [9.17, 15) is 9.59 Å². The van der Waals surface area contributed by atoms with Gasteiger partial charge in [-0.3, -0.25) is 14.5 Å². The number of amides is 1. The van der Waals surface area contributed by atoms with Gasteiger partial charge in [0.2, 0.25) is 5.91 Å². The number of carboxylic acids is 1. The maximum Gasteiger partial charge on any atom is 0.307 e. The lowest BCUT2D eigenvalue weighted by atomic mass is 9.98. The molecule has 1 amide bonds. The van der Waals surface area contributed by atoms with Crippen molar-refractivity contribution in [2.45, 2.75) is 26.7 Å². The molecule has 0 bridgehead atoms. The lowest BCUT2D eigenvalue weighted by Gasteiger charge is -2.30. The maximum atomic E-state index is 11.6. The molecule has 2 N–H and O–H groups in total. The lowest BCUT2D eigenvalue weighted by Crippen LogP contribution is -2.44. The van der Waals surface area contributed by atoms with Crippen molar-refractivity contribution < 1.29 is 14.7 Å². The second-order valence-electron chi connectivity index (χ2n) is 5.11. The van der Waals surface area contributed by atoms with Gasteiger partial charge in [0.15, 0.2) is 0 Å². The number of nitrogens with one attached hydrogen (secondary N) is 1. The summed E-state index contributed by atoms with van der Waals surface area (Å²) in [5, 5.41) is 11.8. The van der Waals surface area contributed by atoms with Crippen LogP contribution in [0.1, 0.15) is 26.7 Å². The van der Waals surface area contributed by atoms with E-state index in [1.54, 1.807) is 0 Å². The molecule has 17 heavy (non-hydrogen) atoms. The molecule has 1 fully saturated rings. The summed E-state index contributed by atoms with van der Waals surface area (Å²) in [7, 11) is 0. The van der Waals surface area contributed by atoms with Crippen LogP contribution in [0.4, 0.5) is 0 Å². The molecule has 1 aliphatic heterocycles. The molecule has 1 atom stereocenters. The standard InChI is InChI=1S/C12H22N2O3/c1-9(2)6-13-11(15)8-14-5-3-4-10(7-14)12(16)17/h9-10H,3-8H2,1-2H3,(H,13,15)(H,16,17). The molecule has 0 radical (unpaired) electrons. The lowest BCUT2D eigenvalue weighted by molar-refractivity contribution is -0.144. The van der Waals surface area contributed by atoms with Crippen LogP contribution in [0.15, 0.2) is 0 Å². The molecule has 0 aromatic rings. The highest BCUT2D eigenvalue weighted by molar-refractivity contribution is 5.78. The normalized spacial score (nSPS) is 21.5. The van der Waals surface area contributed by atoms with Crippen molar-refractivity contribution >= 4 is 11.9 Å². The Morgan fingerprint density at radius 1 is 1.47 bits per heavy atom. The molecule has 5 nitrogen and oxygen atoms in total. The molecule has 98 valence electrons. The summed E-state index contributed by atoms with van der Waals surface area (Å²) in [4.78, 5) is 24.4. The van der Waals surface area contributed by atoms with Crippen LogP contribution >= 0.6 is 0 Å². The maximum absolute atomic E-state index is 11.6. The van der Waals surface area contributed by atoms with E-state index < -0.39 is 5.97 Å². The number of nitrogens with zero attached hydrogens (tertiary/aromatic N) is 1. The number of hydrogen-bond acceptors (Lipinski definition) is 3. The van der Waals surface area contributed by atoms with Gasteiger partial charge >= 0.3 is 5.97 Å². The van der Waals surface area contributed by atoms with Crippen LogP contribution in [0.2, 0.25) is 0 Å². The van der Waals surface area contributed by atoms with Crippen molar-refractivity contribution in [3.05, 3.63) is 0 Å². The first-order valence-corrected chi connectivity index (χ1v) is 6.21.